The Balaban J connectivity index is 1.92. The number of methoxy groups -OCH3 is 1. The number of hydrogen-bond donors (Lipinski definition) is 2. The molecule has 1 amide bonds. The summed E-state index contributed by atoms with van der Waals surface area (Å²) in [5.41, 5.74) is 8.69. The third-order valence-corrected chi connectivity index (χ3v) is 5.39. The number of hydrogen-bond acceptors (Lipinski definition) is 4. The van der Waals surface area contributed by atoms with Crippen molar-refractivity contribution in [3.05, 3.63) is 89.2 Å². The monoisotopic (exact) mass is 469 g/mol. The average Bonchev–Trinajstić information content (AvgIpc) is 2.83. The predicted octanol–water partition coefficient (Wildman–Crippen LogP) is 5.05. The number of nitrogens with zero attached hydrogens (tertiary/aromatic N) is 1. The van der Waals surface area contributed by atoms with Gasteiger partial charge in [-0.25, -0.2) is 8.81 Å². The van der Waals surface area contributed by atoms with Gasteiger partial charge in [0, 0.05) is 35.6 Å². The summed E-state index contributed by atoms with van der Waals surface area (Å²) in [6.07, 6.45) is -1.21. The van der Waals surface area contributed by atoms with Gasteiger partial charge in [-0.3, -0.25) is 10.2 Å². The van der Waals surface area contributed by atoms with E-state index in [-0.39, 0.29) is 24.6 Å². The molecule has 3 rings (SSSR count). The van der Waals surface area contributed by atoms with Gasteiger partial charge in [-0.15, -0.1) is 0 Å². The molecule has 3 aromatic carbocycles. The number of carbonyl (C=O) groups is 1. The maximum absolute atomic E-state index is 14.7. The van der Waals surface area contributed by atoms with Crippen LogP contribution in [0.4, 0.5) is 4.39 Å². The number of amidine groups is 1. The van der Waals surface area contributed by atoms with Gasteiger partial charge in [0.15, 0.2) is 6.10 Å². The standard InChI is InChI=1S/C25H25ClFN3O3/c1-3-33-23(20-12-11-19(32-2)14-22(20)27)25(31)30(26)15-18-10-9-17(24(28)29)13-21(18)16-7-5-4-6-8-16/h4-14,23H,3,15H2,1-2H3,(H3,28,29). The summed E-state index contributed by atoms with van der Waals surface area (Å²) < 4.78 is 26.2. The molecule has 33 heavy (non-hydrogen) atoms. The molecule has 0 saturated heterocycles. The highest BCUT2D eigenvalue weighted by Gasteiger charge is 2.29. The molecule has 0 radical (unpaired) electrons. The summed E-state index contributed by atoms with van der Waals surface area (Å²) in [5.74, 6) is -0.956. The van der Waals surface area contributed by atoms with Crippen LogP contribution in [0.1, 0.15) is 29.7 Å². The molecule has 3 aromatic rings. The second kappa shape index (κ2) is 10.9. The van der Waals surface area contributed by atoms with Gasteiger partial charge < -0.3 is 15.2 Å². The van der Waals surface area contributed by atoms with Crippen LogP contribution in [0.3, 0.4) is 0 Å². The molecule has 8 heteroatoms. The van der Waals surface area contributed by atoms with Crippen molar-refractivity contribution in [2.45, 2.75) is 19.6 Å². The molecule has 3 N–H and O–H groups in total. The van der Waals surface area contributed by atoms with Crippen LogP contribution in [0, 0.1) is 11.2 Å². The first-order valence-corrected chi connectivity index (χ1v) is 10.6. The molecule has 1 atom stereocenters. The SMILES string of the molecule is CCOC(C(=O)N(Cl)Cc1ccc(C(=N)N)cc1-c1ccccc1)c1ccc(OC)cc1F. The topological polar surface area (TPSA) is 88.6 Å². The minimum Gasteiger partial charge on any atom is -0.497 e. The summed E-state index contributed by atoms with van der Waals surface area (Å²) in [6, 6.07) is 19.0. The summed E-state index contributed by atoms with van der Waals surface area (Å²) in [7, 11) is 1.43. The van der Waals surface area contributed by atoms with Crippen molar-refractivity contribution in [2.24, 2.45) is 5.73 Å². The van der Waals surface area contributed by atoms with Crippen molar-refractivity contribution in [3.63, 3.8) is 0 Å². The molecule has 0 aliphatic carbocycles. The van der Waals surface area contributed by atoms with Crippen molar-refractivity contribution in [2.75, 3.05) is 13.7 Å². The number of amides is 1. The Bertz CT molecular complexity index is 1140. The van der Waals surface area contributed by atoms with Gasteiger partial charge in [0.05, 0.1) is 13.7 Å². The van der Waals surface area contributed by atoms with Gasteiger partial charge in [-0.2, -0.15) is 0 Å². The maximum Gasteiger partial charge on any atom is 0.271 e. The van der Waals surface area contributed by atoms with Crippen LogP contribution in [0.5, 0.6) is 5.75 Å². The number of carbonyl (C=O) groups excluding carboxylic acids is 1. The molecule has 0 aliphatic rings. The molecular formula is C25H25ClFN3O3. The van der Waals surface area contributed by atoms with Crippen LogP contribution in [0.2, 0.25) is 0 Å². The Kier molecular flexibility index (Phi) is 8.03. The maximum atomic E-state index is 14.7. The smallest absolute Gasteiger partial charge is 0.271 e. The quantitative estimate of drug-likeness (QED) is 0.261. The van der Waals surface area contributed by atoms with Crippen LogP contribution >= 0.6 is 11.8 Å². The van der Waals surface area contributed by atoms with E-state index in [9.17, 15) is 9.18 Å². The fourth-order valence-corrected chi connectivity index (χ4v) is 3.65. The zero-order chi connectivity index (χ0) is 24.0. The van der Waals surface area contributed by atoms with E-state index >= 15 is 0 Å². The zero-order valence-corrected chi connectivity index (χ0v) is 19.1. The van der Waals surface area contributed by atoms with Crippen molar-refractivity contribution in [1.82, 2.24) is 4.42 Å². The second-order valence-electron chi connectivity index (χ2n) is 7.23. The average molecular weight is 470 g/mol. The van der Waals surface area contributed by atoms with Gasteiger partial charge in [0.25, 0.3) is 5.91 Å². The first kappa shape index (κ1) is 24.2. The lowest BCUT2D eigenvalue weighted by Crippen LogP contribution is -2.30. The van der Waals surface area contributed by atoms with E-state index in [4.69, 9.17) is 32.4 Å². The van der Waals surface area contributed by atoms with Crippen LogP contribution in [0.15, 0.2) is 66.7 Å². The fraction of sp³-hybridized carbons (Fsp3) is 0.200. The zero-order valence-electron chi connectivity index (χ0n) is 18.3. The van der Waals surface area contributed by atoms with E-state index in [1.54, 1.807) is 31.2 Å². The number of halogens is 2. The Morgan fingerprint density at radius 3 is 2.48 bits per heavy atom. The normalized spacial score (nSPS) is 11.6. The third-order valence-electron chi connectivity index (χ3n) is 5.10. The van der Waals surface area contributed by atoms with Crippen LogP contribution in [0.25, 0.3) is 11.1 Å². The highest BCUT2D eigenvalue weighted by molar-refractivity contribution is 6.21. The molecule has 0 saturated carbocycles. The van der Waals surface area contributed by atoms with Crippen molar-refractivity contribution < 1.29 is 18.7 Å². The molecule has 0 aromatic heterocycles. The van der Waals surface area contributed by atoms with E-state index in [0.29, 0.717) is 11.3 Å². The van der Waals surface area contributed by atoms with E-state index in [1.807, 2.05) is 30.3 Å². The summed E-state index contributed by atoms with van der Waals surface area (Å²) >= 11 is 6.41. The number of nitrogens with two attached hydrogens (primary N) is 1. The molecule has 6 nitrogen and oxygen atoms in total. The minimum atomic E-state index is -1.21. The highest BCUT2D eigenvalue weighted by Crippen LogP contribution is 2.30. The van der Waals surface area contributed by atoms with Crippen molar-refractivity contribution in [1.29, 1.82) is 5.41 Å². The first-order valence-electron chi connectivity index (χ1n) is 10.3. The molecule has 0 heterocycles. The van der Waals surface area contributed by atoms with E-state index < -0.39 is 17.8 Å². The van der Waals surface area contributed by atoms with E-state index in [0.717, 1.165) is 21.1 Å². The summed E-state index contributed by atoms with van der Waals surface area (Å²) in [4.78, 5) is 13.2. The van der Waals surface area contributed by atoms with E-state index in [1.165, 1.54) is 19.2 Å². The molecular weight excluding hydrogens is 445 g/mol. The number of nitrogens with one attached hydrogen (secondary N) is 1. The summed E-state index contributed by atoms with van der Waals surface area (Å²) in [5, 5.41) is 7.75. The Labute approximate surface area is 197 Å². The predicted molar refractivity (Wildman–Crippen MR) is 127 cm³/mol. The third kappa shape index (κ3) is 5.69. The number of ether oxygens (including phenoxy) is 2. The second-order valence-corrected chi connectivity index (χ2v) is 7.64. The summed E-state index contributed by atoms with van der Waals surface area (Å²) in [6.45, 7) is 1.94. The minimum absolute atomic E-state index is 0.0319. The lowest BCUT2D eigenvalue weighted by Gasteiger charge is -2.23. The molecule has 0 spiro atoms. The van der Waals surface area contributed by atoms with Crippen molar-refractivity contribution in [3.8, 4) is 16.9 Å². The Morgan fingerprint density at radius 1 is 1.15 bits per heavy atom. The highest BCUT2D eigenvalue weighted by atomic mass is 35.5. The van der Waals surface area contributed by atoms with E-state index in [2.05, 4.69) is 0 Å². The molecule has 172 valence electrons. The van der Waals surface area contributed by atoms with Gasteiger partial charge in [-0.05, 0) is 41.8 Å². The first-order chi connectivity index (χ1) is 15.8. The molecule has 0 fully saturated rings. The van der Waals surface area contributed by atoms with Crippen LogP contribution in [-0.4, -0.2) is 29.9 Å². The van der Waals surface area contributed by atoms with Gasteiger partial charge in [0.1, 0.15) is 17.4 Å². The molecule has 0 aliphatic heterocycles. The lowest BCUT2D eigenvalue weighted by atomic mass is 9.96. The van der Waals surface area contributed by atoms with Gasteiger partial charge >= 0.3 is 0 Å². The lowest BCUT2D eigenvalue weighted by molar-refractivity contribution is -0.139. The van der Waals surface area contributed by atoms with Gasteiger partial charge in [-0.1, -0.05) is 42.5 Å². The Morgan fingerprint density at radius 2 is 1.88 bits per heavy atom. The fourth-order valence-electron chi connectivity index (χ4n) is 3.43. The van der Waals surface area contributed by atoms with Crippen LogP contribution in [-0.2, 0) is 16.1 Å². The molecule has 0 bridgehead atoms. The molecule has 1 unspecified atom stereocenters. The van der Waals surface area contributed by atoms with Gasteiger partial charge in [0.2, 0.25) is 0 Å². The number of nitrogen functional groups attached to an aromatic ring is 1. The number of rotatable bonds is 9. The number of benzene rings is 3. The Hall–Kier alpha value is -3.42. The van der Waals surface area contributed by atoms with Crippen molar-refractivity contribution >= 4 is 23.5 Å². The van der Waals surface area contributed by atoms with Crippen LogP contribution < -0.4 is 10.5 Å². The largest absolute Gasteiger partial charge is 0.497 e.